The fourth-order valence-electron chi connectivity index (χ4n) is 3.48. The van der Waals surface area contributed by atoms with Crippen molar-refractivity contribution >= 4 is 11.6 Å². The van der Waals surface area contributed by atoms with Crippen LogP contribution >= 0.6 is 0 Å². The number of nitrogens with one attached hydrogen (secondary N) is 1. The van der Waals surface area contributed by atoms with E-state index >= 15 is 0 Å². The van der Waals surface area contributed by atoms with Crippen LogP contribution in [0.15, 0.2) is 48.5 Å². The van der Waals surface area contributed by atoms with E-state index in [1.165, 1.54) is 6.07 Å². The molecule has 2 aromatic carbocycles. The quantitative estimate of drug-likeness (QED) is 0.865. The van der Waals surface area contributed by atoms with Gasteiger partial charge in [0.15, 0.2) is 0 Å². The molecule has 1 fully saturated rings. The first-order chi connectivity index (χ1) is 13.6. The van der Waals surface area contributed by atoms with Gasteiger partial charge in [0, 0.05) is 37.4 Å². The van der Waals surface area contributed by atoms with Gasteiger partial charge < -0.3 is 5.32 Å². The highest BCUT2D eigenvalue weighted by Crippen LogP contribution is 2.15. The maximum Gasteiger partial charge on any atom is 0.241 e. The van der Waals surface area contributed by atoms with E-state index in [0.717, 1.165) is 32.6 Å². The Morgan fingerprint density at radius 2 is 2.00 bits per heavy atom. The molecule has 28 heavy (non-hydrogen) atoms. The van der Waals surface area contributed by atoms with Crippen molar-refractivity contribution < 1.29 is 9.18 Å². The maximum atomic E-state index is 13.9. The minimum atomic E-state index is -0.279. The lowest BCUT2D eigenvalue weighted by atomic mass is 10.2. The standard InChI is InChI=1S/C22H25FN4O/c1-17(22(28)25-20-8-4-6-18(14-20)15-24)27-11-5-10-26(12-13-27)16-19-7-2-3-9-21(19)23/h2-4,6-9,14,17H,5,10-13,16H2,1H3,(H,25,28). The van der Waals surface area contributed by atoms with E-state index in [2.05, 4.69) is 21.2 Å². The predicted octanol–water partition coefficient (Wildman–Crippen LogP) is 3.23. The van der Waals surface area contributed by atoms with Gasteiger partial charge in [0.25, 0.3) is 0 Å². The molecule has 2 aromatic rings. The molecular weight excluding hydrogens is 355 g/mol. The van der Waals surface area contributed by atoms with Crippen molar-refractivity contribution in [3.63, 3.8) is 0 Å². The summed E-state index contributed by atoms with van der Waals surface area (Å²) in [5, 5.41) is 11.9. The zero-order valence-corrected chi connectivity index (χ0v) is 16.1. The molecular formula is C22H25FN4O. The number of hydrogen-bond acceptors (Lipinski definition) is 4. The van der Waals surface area contributed by atoms with Gasteiger partial charge in [0.1, 0.15) is 5.82 Å². The molecule has 5 nitrogen and oxygen atoms in total. The van der Waals surface area contributed by atoms with Crippen LogP contribution in [0.4, 0.5) is 10.1 Å². The van der Waals surface area contributed by atoms with Crippen LogP contribution in [0.2, 0.25) is 0 Å². The number of hydrogen-bond donors (Lipinski definition) is 1. The lowest BCUT2D eigenvalue weighted by Crippen LogP contribution is -2.43. The Balaban J connectivity index is 1.56. The first-order valence-electron chi connectivity index (χ1n) is 9.57. The van der Waals surface area contributed by atoms with Gasteiger partial charge in [-0.1, -0.05) is 24.3 Å². The van der Waals surface area contributed by atoms with Crippen molar-refractivity contribution in [1.82, 2.24) is 9.80 Å². The number of halogens is 1. The maximum absolute atomic E-state index is 13.9. The summed E-state index contributed by atoms with van der Waals surface area (Å²) in [5.41, 5.74) is 1.86. The molecule has 1 N–H and O–H groups in total. The molecule has 1 heterocycles. The molecule has 1 amide bonds. The molecule has 1 aliphatic heterocycles. The second kappa shape index (κ2) is 9.45. The third-order valence-electron chi connectivity index (χ3n) is 5.16. The van der Waals surface area contributed by atoms with Crippen LogP contribution in [0.3, 0.4) is 0 Å². The average molecular weight is 380 g/mol. The molecule has 3 rings (SSSR count). The molecule has 0 saturated carbocycles. The lowest BCUT2D eigenvalue weighted by Gasteiger charge is -2.27. The van der Waals surface area contributed by atoms with E-state index in [-0.39, 0.29) is 17.8 Å². The summed E-state index contributed by atoms with van der Waals surface area (Å²) in [7, 11) is 0. The smallest absolute Gasteiger partial charge is 0.241 e. The summed E-state index contributed by atoms with van der Waals surface area (Å²) in [4.78, 5) is 17.0. The summed E-state index contributed by atoms with van der Waals surface area (Å²) in [6.45, 7) is 5.72. The van der Waals surface area contributed by atoms with Crippen LogP contribution in [0.5, 0.6) is 0 Å². The third kappa shape index (κ3) is 5.16. The van der Waals surface area contributed by atoms with E-state index < -0.39 is 0 Å². The minimum Gasteiger partial charge on any atom is -0.325 e. The fourth-order valence-corrected chi connectivity index (χ4v) is 3.48. The Kier molecular flexibility index (Phi) is 6.75. The molecule has 0 bridgehead atoms. The first-order valence-corrected chi connectivity index (χ1v) is 9.57. The molecule has 0 aliphatic carbocycles. The van der Waals surface area contributed by atoms with Gasteiger partial charge >= 0.3 is 0 Å². The van der Waals surface area contributed by atoms with Crippen molar-refractivity contribution in [2.45, 2.75) is 25.9 Å². The summed E-state index contributed by atoms with van der Waals surface area (Å²) in [6, 6.07) is 15.6. The van der Waals surface area contributed by atoms with Crippen LogP contribution in [0.25, 0.3) is 0 Å². The van der Waals surface area contributed by atoms with E-state index in [1.807, 2.05) is 19.1 Å². The SMILES string of the molecule is CC(C(=O)Nc1cccc(C#N)c1)N1CCCN(Cc2ccccc2F)CC1. The van der Waals surface area contributed by atoms with E-state index in [4.69, 9.17) is 5.26 Å². The van der Waals surface area contributed by atoms with Gasteiger partial charge in [0.2, 0.25) is 5.91 Å². The van der Waals surface area contributed by atoms with E-state index in [0.29, 0.717) is 23.4 Å². The Bertz CT molecular complexity index is 864. The normalized spacial score (nSPS) is 16.8. The minimum absolute atomic E-state index is 0.0855. The highest BCUT2D eigenvalue weighted by Gasteiger charge is 2.24. The van der Waals surface area contributed by atoms with Crippen molar-refractivity contribution in [2.75, 3.05) is 31.5 Å². The molecule has 0 spiro atoms. The topological polar surface area (TPSA) is 59.4 Å². The molecule has 1 saturated heterocycles. The van der Waals surface area contributed by atoms with Crippen LogP contribution in [-0.4, -0.2) is 47.9 Å². The Labute approximate surface area is 165 Å². The summed E-state index contributed by atoms with van der Waals surface area (Å²) in [5.74, 6) is -0.256. The molecule has 0 aromatic heterocycles. The monoisotopic (exact) mass is 380 g/mol. The van der Waals surface area contributed by atoms with E-state index in [9.17, 15) is 9.18 Å². The summed E-state index contributed by atoms with van der Waals surface area (Å²) >= 11 is 0. The highest BCUT2D eigenvalue weighted by atomic mass is 19.1. The second-order valence-corrected chi connectivity index (χ2v) is 7.11. The largest absolute Gasteiger partial charge is 0.325 e. The number of nitrogens with zero attached hydrogens (tertiary/aromatic N) is 3. The van der Waals surface area contributed by atoms with E-state index in [1.54, 1.807) is 30.3 Å². The van der Waals surface area contributed by atoms with Gasteiger partial charge in [-0.3, -0.25) is 14.6 Å². The lowest BCUT2D eigenvalue weighted by molar-refractivity contribution is -0.120. The second-order valence-electron chi connectivity index (χ2n) is 7.11. The van der Waals surface area contributed by atoms with Crippen LogP contribution in [0, 0.1) is 17.1 Å². The highest BCUT2D eigenvalue weighted by molar-refractivity contribution is 5.94. The zero-order chi connectivity index (χ0) is 19.9. The number of rotatable bonds is 5. The van der Waals surface area contributed by atoms with Gasteiger partial charge in [-0.2, -0.15) is 5.26 Å². The van der Waals surface area contributed by atoms with Gasteiger partial charge in [-0.15, -0.1) is 0 Å². The number of carbonyl (C=O) groups is 1. The third-order valence-corrected chi connectivity index (χ3v) is 5.16. The Morgan fingerprint density at radius 1 is 1.18 bits per heavy atom. The molecule has 146 valence electrons. The van der Waals surface area contributed by atoms with Gasteiger partial charge in [0.05, 0.1) is 17.7 Å². The summed E-state index contributed by atoms with van der Waals surface area (Å²) < 4.78 is 13.9. The van der Waals surface area contributed by atoms with Crippen LogP contribution in [-0.2, 0) is 11.3 Å². The van der Waals surface area contributed by atoms with Crippen molar-refractivity contribution in [1.29, 1.82) is 5.26 Å². The fraction of sp³-hybridized carbons (Fsp3) is 0.364. The number of anilines is 1. The molecule has 6 heteroatoms. The summed E-state index contributed by atoms with van der Waals surface area (Å²) in [6.07, 6.45) is 0.927. The Morgan fingerprint density at radius 3 is 2.79 bits per heavy atom. The zero-order valence-electron chi connectivity index (χ0n) is 16.1. The van der Waals surface area contributed by atoms with Gasteiger partial charge in [-0.25, -0.2) is 4.39 Å². The van der Waals surface area contributed by atoms with Gasteiger partial charge in [-0.05, 0) is 44.2 Å². The van der Waals surface area contributed by atoms with Crippen LogP contribution in [0.1, 0.15) is 24.5 Å². The number of carbonyl (C=O) groups excluding carboxylic acids is 1. The Hall–Kier alpha value is -2.75. The number of benzene rings is 2. The van der Waals surface area contributed by atoms with Crippen molar-refractivity contribution in [3.8, 4) is 6.07 Å². The van der Waals surface area contributed by atoms with Crippen molar-refractivity contribution in [3.05, 3.63) is 65.5 Å². The van der Waals surface area contributed by atoms with Crippen molar-refractivity contribution in [2.24, 2.45) is 0 Å². The number of nitriles is 1. The predicted molar refractivity (Wildman–Crippen MR) is 107 cm³/mol. The molecule has 1 atom stereocenters. The first kappa shape index (κ1) is 20.0. The molecule has 0 radical (unpaired) electrons. The number of amides is 1. The average Bonchev–Trinajstić information content (AvgIpc) is 2.95. The molecule has 1 aliphatic rings. The molecule has 1 unspecified atom stereocenters. The van der Waals surface area contributed by atoms with Crippen LogP contribution < -0.4 is 5.32 Å².